The molecule has 0 bridgehead atoms. The number of amides is 2. The fraction of sp³-hybridized carbons (Fsp3) is 0.176. The van der Waals surface area contributed by atoms with E-state index in [-0.39, 0.29) is 5.96 Å². The molecule has 2 aromatic carbocycles. The molecule has 0 saturated heterocycles. The summed E-state index contributed by atoms with van der Waals surface area (Å²) in [6, 6.07) is 9.67. The van der Waals surface area contributed by atoms with Crippen LogP contribution in [0.1, 0.15) is 11.1 Å². The predicted octanol–water partition coefficient (Wildman–Crippen LogP) is 2.90. The Bertz CT molecular complexity index is 833. The molecule has 24 heavy (non-hydrogen) atoms. The Morgan fingerprint density at radius 2 is 2.00 bits per heavy atom. The highest BCUT2D eigenvalue weighted by Gasteiger charge is 2.23. The monoisotopic (exact) mass is 346 g/mol. The number of benzene rings is 2. The first-order valence-corrected chi connectivity index (χ1v) is 7.78. The van der Waals surface area contributed by atoms with Crippen LogP contribution in [0.15, 0.2) is 41.4 Å². The average molecular weight is 347 g/mol. The molecule has 0 spiro atoms. The fourth-order valence-corrected chi connectivity index (χ4v) is 3.15. The lowest BCUT2D eigenvalue weighted by molar-refractivity contribution is 0.203. The number of fused-ring (bicyclic) bond motifs is 1. The van der Waals surface area contributed by atoms with Gasteiger partial charge in [0.1, 0.15) is 5.82 Å². The zero-order valence-corrected chi connectivity index (χ0v) is 13.6. The lowest BCUT2D eigenvalue weighted by Gasteiger charge is -2.29. The standard InChI is InChI=1S/C17H16ClFN4O/c18-15-8-11(19)4-5-13(15)12-3-1-2-10-6-7-23(9-14(10)12)17(24)22-16(20)21/h1-5,8H,6-7,9H2,(H4,20,21,22,24). The summed E-state index contributed by atoms with van der Waals surface area (Å²) < 4.78 is 13.3. The van der Waals surface area contributed by atoms with Crippen molar-refractivity contribution in [3.8, 4) is 11.1 Å². The molecule has 3 rings (SSSR count). The van der Waals surface area contributed by atoms with Crippen LogP contribution >= 0.6 is 11.6 Å². The summed E-state index contributed by atoms with van der Waals surface area (Å²) >= 11 is 6.20. The van der Waals surface area contributed by atoms with Gasteiger partial charge in [0.05, 0.1) is 5.02 Å². The highest BCUT2D eigenvalue weighted by atomic mass is 35.5. The van der Waals surface area contributed by atoms with E-state index < -0.39 is 11.8 Å². The number of carbonyl (C=O) groups is 1. The molecule has 4 N–H and O–H groups in total. The number of rotatable bonds is 1. The van der Waals surface area contributed by atoms with Crippen LogP contribution in [0.4, 0.5) is 9.18 Å². The van der Waals surface area contributed by atoms with Gasteiger partial charge in [-0.15, -0.1) is 0 Å². The molecule has 2 aromatic rings. The lowest BCUT2D eigenvalue weighted by Crippen LogP contribution is -2.36. The van der Waals surface area contributed by atoms with Crippen LogP contribution < -0.4 is 11.5 Å². The molecule has 1 aliphatic rings. The third-order valence-electron chi connectivity index (χ3n) is 3.99. The molecule has 0 unspecified atom stereocenters. The van der Waals surface area contributed by atoms with Crippen molar-refractivity contribution in [2.24, 2.45) is 16.5 Å². The first kappa shape index (κ1) is 16.3. The Morgan fingerprint density at radius 3 is 2.71 bits per heavy atom. The topological polar surface area (TPSA) is 84.7 Å². The van der Waals surface area contributed by atoms with E-state index in [2.05, 4.69) is 4.99 Å². The second-order valence-corrected chi connectivity index (χ2v) is 5.97. The first-order chi connectivity index (χ1) is 11.5. The molecular weight excluding hydrogens is 331 g/mol. The number of urea groups is 1. The maximum atomic E-state index is 13.3. The molecular formula is C17H16ClFN4O. The average Bonchev–Trinajstić information content (AvgIpc) is 2.53. The summed E-state index contributed by atoms with van der Waals surface area (Å²) in [5, 5.41) is 0.330. The van der Waals surface area contributed by atoms with Gasteiger partial charge < -0.3 is 16.4 Å². The van der Waals surface area contributed by atoms with Gasteiger partial charge in [-0.3, -0.25) is 0 Å². The summed E-state index contributed by atoms with van der Waals surface area (Å²) in [7, 11) is 0. The number of hydrogen-bond acceptors (Lipinski definition) is 1. The summed E-state index contributed by atoms with van der Waals surface area (Å²) in [6.07, 6.45) is 0.688. The van der Waals surface area contributed by atoms with Crippen molar-refractivity contribution in [3.63, 3.8) is 0 Å². The van der Waals surface area contributed by atoms with E-state index >= 15 is 0 Å². The van der Waals surface area contributed by atoms with Gasteiger partial charge in [-0.05, 0) is 41.3 Å². The second-order valence-electron chi connectivity index (χ2n) is 5.56. The molecule has 0 aliphatic carbocycles. The minimum absolute atomic E-state index is 0.263. The Hall–Kier alpha value is -2.60. The Labute approximate surface area is 143 Å². The predicted molar refractivity (Wildman–Crippen MR) is 92.2 cm³/mol. The van der Waals surface area contributed by atoms with Crippen LogP contribution in [-0.4, -0.2) is 23.4 Å². The summed E-state index contributed by atoms with van der Waals surface area (Å²) in [5.74, 6) is -0.654. The zero-order chi connectivity index (χ0) is 17.3. The van der Waals surface area contributed by atoms with Crippen molar-refractivity contribution < 1.29 is 9.18 Å². The van der Waals surface area contributed by atoms with Crippen molar-refractivity contribution in [2.75, 3.05) is 6.54 Å². The van der Waals surface area contributed by atoms with Crippen molar-refractivity contribution in [2.45, 2.75) is 13.0 Å². The van der Waals surface area contributed by atoms with E-state index in [1.165, 1.54) is 12.1 Å². The van der Waals surface area contributed by atoms with Gasteiger partial charge in [-0.2, -0.15) is 4.99 Å². The number of nitrogens with zero attached hydrogens (tertiary/aromatic N) is 2. The molecule has 0 atom stereocenters. The quantitative estimate of drug-likeness (QED) is 0.615. The summed E-state index contributed by atoms with van der Waals surface area (Å²) in [4.78, 5) is 17.2. The van der Waals surface area contributed by atoms with Crippen molar-refractivity contribution >= 4 is 23.6 Å². The maximum absolute atomic E-state index is 13.3. The molecule has 1 aliphatic heterocycles. The van der Waals surface area contributed by atoms with Crippen LogP contribution in [0.3, 0.4) is 0 Å². The Morgan fingerprint density at radius 1 is 1.21 bits per heavy atom. The van der Waals surface area contributed by atoms with E-state index in [4.69, 9.17) is 23.1 Å². The van der Waals surface area contributed by atoms with E-state index in [0.717, 1.165) is 22.3 Å². The number of nitrogens with two attached hydrogens (primary N) is 2. The van der Waals surface area contributed by atoms with Crippen LogP contribution in [-0.2, 0) is 13.0 Å². The molecule has 0 fully saturated rings. The first-order valence-electron chi connectivity index (χ1n) is 7.40. The molecule has 7 heteroatoms. The molecule has 2 amide bonds. The smallest absolute Gasteiger partial charge is 0.347 e. The molecule has 5 nitrogen and oxygen atoms in total. The zero-order valence-electron chi connectivity index (χ0n) is 12.8. The molecule has 0 saturated carbocycles. The molecule has 1 heterocycles. The van der Waals surface area contributed by atoms with Gasteiger partial charge in [0.15, 0.2) is 5.96 Å². The van der Waals surface area contributed by atoms with Crippen molar-refractivity contribution in [3.05, 3.63) is 58.4 Å². The Kier molecular flexibility index (Phi) is 4.40. The number of guanidine groups is 1. The molecule has 0 radical (unpaired) electrons. The lowest BCUT2D eigenvalue weighted by atomic mass is 9.91. The van der Waals surface area contributed by atoms with Gasteiger partial charge in [0.2, 0.25) is 0 Å². The molecule has 0 aromatic heterocycles. The number of carbonyl (C=O) groups excluding carboxylic acids is 1. The SMILES string of the molecule is NC(N)=NC(=O)N1CCc2cccc(-c3ccc(F)cc3Cl)c2C1. The Balaban J connectivity index is 2.01. The van der Waals surface area contributed by atoms with E-state index in [9.17, 15) is 9.18 Å². The maximum Gasteiger partial charge on any atom is 0.347 e. The van der Waals surface area contributed by atoms with Crippen molar-refractivity contribution in [1.82, 2.24) is 4.90 Å². The normalized spacial score (nSPS) is 13.3. The number of hydrogen-bond donors (Lipinski definition) is 2. The van der Waals surface area contributed by atoms with Crippen LogP contribution in [0, 0.1) is 5.82 Å². The van der Waals surface area contributed by atoms with E-state index in [1.54, 1.807) is 11.0 Å². The molecule has 124 valence electrons. The summed E-state index contributed by atoms with van der Waals surface area (Å²) in [5.41, 5.74) is 14.3. The van der Waals surface area contributed by atoms with Gasteiger partial charge in [0, 0.05) is 18.7 Å². The minimum Gasteiger partial charge on any atom is -0.370 e. The van der Waals surface area contributed by atoms with Crippen LogP contribution in [0.5, 0.6) is 0 Å². The number of halogens is 2. The third kappa shape index (κ3) is 3.19. The van der Waals surface area contributed by atoms with Gasteiger partial charge in [-0.1, -0.05) is 29.8 Å². The number of aliphatic imine (C=N–C) groups is 1. The van der Waals surface area contributed by atoms with E-state index in [0.29, 0.717) is 24.5 Å². The van der Waals surface area contributed by atoms with E-state index in [1.807, 2.05) is 18.2 Å². The van der Waals surface area contributed by atoms with Crippen LogP contribution in [0.25, 0.3) is 11.1 Å². The van der Waals surface area contributed by atoms with Crippen LogP contribution in [0.2, 0.25) is 5.02 Å². The minimum atomic E-state index is -0.472. The highest BCUT2D eigenvalue weighted by molar-refractivity contribution is 6.33. The largest absolute Gasteiger partial charge is 0.370 e. The van der Waals surface area contributed by atoms with Gasteiger partial charge >= 0.3 is 6.03 Å². The van der Waals surface area contributed by atoms with Gasteiger partial charge in [0.25, 0.3) is 0 Å². The fourth-order valence-electron chi connectivity index (χ4n) is 2.89. The highest BCUT2D eigenvalue weighted by Crippen LogP contribution is 2.35. The van der Waals surface area contributed by atoms with Crippen molar-refractivity contribution in [1.29, 1.82) is 0 Å². The summed E-state index contributed by atoms with van der Waals surface area (Å²) in [6.45, 7) is 0.901. The van der Waals surface area contributed by atoms with Gasteiger partial charge in [-0.25, -0.2) is 9.18 Å². The third-order valence-corrected chi connectivity index (χ3v) is 4.30. The second kappa shape index (κ2) is 6.49.